The van der Waals surface area contributed by atoms with E-state index >= 15 is 0 Å². The van der Waals surface area contributed by atoms with Gasteiger partial charge in [-0.15, -0.1) is 0 Å². The molecule has 5 heteroatoms. The lowest BCUT2D eigenvalue weighted by Gasteiger charge is -2.11. The van der Waals surface area contributed by atoms with Crippen LogP contribution in [-0.2, 0) is 0 Å². The normalized spacial score (nSPS) is 10.1. The maximum atomic E-state index is 12.6. The van der Waals surface area contributed by atoms with Crippen molar-refractivity contribution in [3.05, 3.63) is 54.1 Å². The van der Waals surface area contributed by atoms with Gasteiger partial charge in [0.1, 0.15) is 17.6 Å². The molecule has 0 aliphatic heterocycles. The zero-order valence-electron chi connectivity index (χ0n) is 15.7. The number of hydrogen-bond donors (Lipinski definition) is 1. The van der Waals surface area contributed by atoms with Crippen LogP contribution in [0.3, 0.4) is 0 Å². The standard InChI is InChI=1S/C22H26N2O3/c1-2-3-4-5-8-15-26-19-11-9-10-18(17-19)22(25)24-20-12-6-7-13-21(20)27-16-14-23/h6-7,9-13,17H,2-5,8,15-16H2,1H3,(H,24,25). The number of nitriles is 1. The third-order valence-electron chi connectivity index (χ3n) is 4.04. The number of para-hydroxylation sites is 2. The molecule has 0 aliphatic rings. The molecule has 0 bridgehead atoms. The second-order valence-corrected chi connectivity index (χ2v) is 6.19. The molecule has 0 unspecified atom stereocenters. The summed E-state index contributed by atoms with van der Waals surface area (Å²) in [6, 6.07) is 16.1. The van der Waals surface area contributed by atoms with Gasteiger partial charge in [0.2, 0.25) is 0 Å². The van der Waals surface area contributed by atoms with Crippen molar-refractivity contribution < 1.29 is 14.3 Å². The van der Waals surface area contributed by atoms with Gasteiger partial charge in [-0.1, -0.05) is 50.8 Å². The lowest BCUT2D eigenvalue weighted by Crippen LogP contribution is -2.13. The van der Waals surface area contributed by atoms with E-state index in [0.717, 1.165) is 12.8 Å². The predicted octanol–water partition coefficient (Wildman–Crippen LogP) is 5.19. The highest BCUT2D eigenvalue weighted by Gasteiger charge is 2.10. The number of carbonyl (C=O) groups is 1. The Balaban J connectivity index is 1.92. The Hall–Kier alpha value is -3.00. The number of nitrogens with one attached hydrogen (secondary N) is 1. The van der Waals surface area contributed by atoms with Crippen LogP contribution in [0.5, 0.6) is 11.5 Å². The Morgan fingerprint density at radius 2 is 1.85 bits per heavy atom. The SMILES string of the molecule is CCCCCCCOc1cccc(C(=O)Nc2ccccc2OCC#N)c1. The Labute approximate surface area is 160 Å². The molecule has 2 aromatic carbocycles. The van der Waals surface area contributed by atoms with Crippen LogP contribution < -0.4 is 14.8 Å². The van der Waals surface area contributed by atoms with Crippen molar-refractivity contribution in [2.45, 2.75) is 39.0 Å². The minimum atomic E-state index is -0.253. The topological polar surface area (TPSA) is 71.3 Å². The number of anilines is 1. The summed E-state index contributed by atoms with van der Waals surface area (Å²) in [7, 11) is 0. The highest BCUT2D eigenvalue weighted by molar-refractivity contribution is 6.05. The number of rotatable bonds is 11. The van der Waals surface area contributed by atoms with Crippen LogP contribution in [0.25, 0.3) is 0 Å². The number of ether oxygens (including phenoxy) is 2. The largest absolute Gasteiger partial charge is 0.494 e. The lowest BCUT2D eigenvalue weighted by molar-refractivity contribution is 0.102. The molecule has 0 atom stereocenters. The van der Waals surface area contributed by atoms with Crippen molar-refractivity contribution >= 4 is 11.6 Å². The number of amides is 1. The molecule has 0 aromatic heterocycles. The van der Waals surface area contributed by atoms with Crippen LogP contribution in [0, 0.1) is 11.3 Å². The summed E-state index contributed by atoms with van der Waals surface area (Å²) in [6.07, 6.45) is 5.89. The summed E-state index contributed by atoms with van der Waals surface area (Å²) in [5, 5.41) is 11.5. The number of carbonyl (C=O) groups excluding carboxylic acids is 1. The predicted molar refractivity (Wildman–Crippen MR) is 106 cm³/mol. The quantitative estimate of drug-likeness (QED) is 0.556. The first-order valence-corrected chi connectivity index (χ1v) is 9.37. The van der Waals surface area contributed by atoms with Crippen LogP contribution in [0.4, 0.5) is 5.69 Å². The Kier molecular flexibility index (Phi) is 8.72. The fourth-order valence-corrected chi connectivity index (χ4v) is 2.62. The first-order chi connectivity index (χ1) is 13.2. The number of nitrogens with zero attached hydrogens (tertiary/aromatic N) is 1. The van der Waals surface area contributed by atoms with Gasteiger partial charge in [0.15, 0.2) is 6.61 Å². The lowest BCUT2D eigenvalue weighted by atomic mass is 10.1. The van der Waals surface area contributed by atoms with Crippen molar-refractivity contribution in [1.29, 1.82) is 5.26 Å². The summed E-state index contributed by atoms with van der Waals surface area (Å²) in [5.41, 5.74) is 1.04. The van der Waals surface area contributed by atoms with Crippen LogP contribution in [-0.4, -0.2) is 19.1 Å². The second-order valence-electron chi connectivity index (χ2n) is 6.19. The maximum Gasteiger partial charge on any atom is 0.255 e. The molecule has 0 spiro atoms. The van der Waals surface area contributed by atoms with Gasteiger partial charge in [0.25, 0.3) is 5.91 Å². The van der Waals surface area contributed by atoms with E-state index in [1.165, 1.54) is 19.3 Å². The maximum absolute atomic E-state index is 12.6. The van der Waals surface area contributed by atoms with Gasteiger partial charge in [-0.3, -0.25) is 4.79 Å². The molecule has 5 nitrogen and oxygen atoms in total. The molecule has 0 fully saturated rings. The zero-order valence-corrected chi connectivity index (χ0v) is 15.7. The van der Waals surface area contributed by atoms with Gasteiger partial charge in [0.05, 0.1) is 12.3 Å². The third kappa shape index (κ3) is 7.02. The second kappa shape index (κ2) is 11.6. The minimum Gasteiger partial charge on any atom is -0.494 e. The monoisotopic (exact) mass is 366 g/mol. The highest BCUT2D eigenvalue weighted by atomic mass is 16.5. The minimum absolute atomic E-state index is 0.0749. The van der Waals surface area contributed by atoms with Gasteiger partial charge in [-0.25, -0.2) is 0 Å². The van der Waals surface area contributed by atoms with Crippen molar-refractivity contribution in [1.82, 2.24) is 0 Å². The van der Waals surface area contributed by atoms with E-state index in [4.69, 9.17) is 14.7 Å². The molecule has 2 aromatic rings. The molecule has 2 rings (SSSR count). The zero-order chi connectivity index (χ0) is 19.3. The van der Waals surface area contributed by atoms with Crippen LogP contribution in [0.1, 0.15) is 49.4 Å². The van der Waals surface area contributed by atoms with Crippen molar-refractivity contribution in [3.63, 3.8) is 0 Å². The van der Waals surface area contributed by atoms with Gasteiger partial charge >= 0.3 is 0 Å². The summed E-state index contributed by atoms with van der Waals surface area (Å²) >= 11 is 0. The molecule has 27 heavy (non-hydrogen) atoms. The molecule has 0 heterocycles. The van der Waals surface area contributed by atoms with E-state index in [-0.39, 0.29) is 12.5 Å². The average molecular weight is 366 g/mol. The number of hydrogen-bond acceptors (Lipinski definition) is 4. The first-order valence-electron chi connectivity index (χ1n) is 9.37. The van der Waals surface area contributed by atoms with E-state index in [9.17, 15) is 4.79 Å². The Morgan fingerprint density at radius 3 is 2.67 bits per heavy atom. The number of benzene rings is 2. The van der Waals surface area contributed by atoms with E-state index in [0.29, 0.717) is 29.4 Å². The van der Waals surface area contributed by atoms with E-state index in [1.807, 2.05) is 12.1 Å². The summed E-state index contributed by atoms with van der Waals surface area (Å²) in [6.45, 7) is 2.77. The van der Waals surface area contributed by atoms with E-state index in [1.54, 1.807) is 42.5 Å². The average Bonchev–Trinajstić information content (AvgIpc) is 2.70. The molecule has 1 amide bonds. The molecular weight excluding hydrogens is 340 g/mol. The molecular formula is C22H26N2O3. The van der Waals surface area contributed by atoms with Crippen molar-refractivity contribution in [3.8, 4) is 17.6 Å². The fourth-order valence-electron chi connectivity index (χ4n) is 2.62. The molecule has 142 valence electrons. The summed E-state index contributed by atoms with van der Waals surface area (Å²) < 4.78 is 11.1. The Morgan fingerprint density at radius 1 is 1.04 bits per heavy atom. The smallest absolute Gasteiger partial charge is 0.255 e. The summed E-state index contributed by atoms with van der Waals surface area (Å²) in [5.74, 6) is 0.899. The van der Waals surface area contributed by atoms with Gasteiger partial charge in [-0.05, 0) is 36.8 Å². The van der Waals surface area contributed by atoms with Crippen molar-refractivity contribution in [2.24, 2.45) is 0 Å². The van der Waals surface area contributed by atoms with Crippen LogP contribution in [0.15, 0.2) is 48.5 Å². The van der Waals surface area contributed by atoms with Gasteiger partial charge in [0, 0.05) is 5.56 Å². The van der Waals surface area contributed by atoms with Crippen LogP contribution >= 0.6 is 0 Å². The molecule has 0 radical (unpaired) electrons. The van der Waals surface area contributed by atoms with Gasteiger partial charge < -0.3 is 14.8 Å². The number of unbranched alkanes of at least 4 members (excludes halogenated alkanes) is 4. The first kappa shape index (κ1) is 20.3. The van der Waals surface area contributed by atoms with Crippen molar-refractivity contribution in [2.75, 3.05) is 18.5 Å². The fraction of sp³-hybridized carbons (Fsp3) is 0.364. The molecule has 0 aliphatic carbocycles. The molecule has 0 saturated carbocycles. The van der Waals surface area contributed by atoms with E-state index < -0.39 is 0 Å². The molecule has 1 N–H and O–H groups in total. The third-order valence-corrected chi connectivity index (χ3v) is 4.04. The van der Waals surface area contributed by atoms with E-state index in [2.05, 4.69) is 12.2 Å². The summed E-state index contributed by atoms with van der Waals surface area (Å²) in [4.78, 5) is 12.6. The Bertz CT molecular complexity index is 768. The highest BCUT2D eigenvalue weighted by Crippen LogP contribution is 2.25. The van der Waals surface area contributed by atoms with Gasteiger partial charge in [-0.2, -0.15) is 5.26 Å². The van der Waals surface area contributed by atoms with Crippen LogP contribution in [0.2, 0.25) is 0 Å². The molecule has 0 saturated heterocycles.